The first-order chi connectivity index (χ1) is 16.7. The van der Waals surface area contributed by atoms with Gasteiger partial charge in [0, 0.05) is 31.7 Å². The lowest BCUT2D eigenvalue weighted by Crippen LogP contribution is -2.50. The number of fused-ring (bicyclic) bond motifs is 1. The summed E-state index contributed by atoms with van der Waals surface area (Å²) in [4.78, 5) is 33.7. The highest BCUT2D eigenvalue weighted by atomic mass is 35.5. The summed E-state index contributed by atoms with van der Waals surface area (Å²) in [5.41, 5.74) is -0.997. The Bertz CT molecular complexity index is 1400. The summed E-state index contributed by atoms with van der Waals surface area (Å²) in [6.07, 6.45) is -4.74. The van der Waals surface area contributed by atoms with Crippen molar-refractivity contribution in [2.45, 2.75) is 6.18 Å². The van der Waals surface area contributed by atoms with Gasteiger partial charge >= 0.3 is 6.18 Å². The first-order valence-corrected chi connectivity index (χ1v) is 11.8. The molecule has 0 N–H and O–H groups in total. The largest absolute Gasteiger partial charge is 0.433 e. The number of halogens is 4. The number of piperazine rings is 1. The number of hydrogen-bond acceptors (Lipinski definition) is 5. The van der Waals surface area contributed by atoms with Crippen LogP contribution in [0.1, 0.15) is 26.5 Å². The molecule has 0 atom stereocenters. The smallest absolute Gasteiger partial charge is 0.335 e. The number of hydrogen-bond donors (Lipinski definition) is 0. The summed E-state index contributed by atoms with van der Waals surface area (Å²) < 4.78 is 42.1. The van der Waals surface area contributed by atoms with Gasteiger partial charge < -0.3 is 9.80 Å². The Labute approximate surface area is 206 Å². The van der Waals surface area contributed by atoms with E-state index in [1.54, 1.807) is 46.7 Å². The molecule has 35 heavy (non-hydrogen) atoms. The molecule has 0 saturated carbocycles. The molecule has 0 aliphatic carbocycles. The third-order valence-corrected chi connectivity index (χ3v) is 6.91. The van der Waals surface area contributed by atoms with Crippen molar-refractivity contribution in [3.63, 3.8) is 0 Å². The lowest BCUT2D eigenvalue weighted by molar-refractivity contribution is -0.142. The number of amides is 2. The normalized spacial score (nSPS) is 14.5. The molecule has 5 rings (SSSR count). The molecule has 1 aromatic carbocycles. The Balaban J connectivity index is 1.43. The number of carbonyl (C=O) groups excluding carboxylic acids is 2. The molecular formula is C23H17ClF3N5O2S. The number of rotatable bonds is 3. The van der Waals surface area contributed by atoms with Gasteiger partial charge in [0.1, 0.15) is 5.02 Å². The summed E-state index contributed by atoms with van der Waals surface area (Å²) in [6, 6.07) is 13.0. The van der Waals surface area contributed by atoms with Crippen LogP contribution >= 0.6 is 22.9 Å². The average Bonchev–Trinajstić information content (AvgIpc) is 3.51. The van der Waals surface area contributed by atoms with Crippen molar-refractivity contribution in [3.8, 4) is 10.6 Å². The second-order valence-corrected chi connectivity index (χ2v) is 9.18. The molecule has 0 bridgehead atoms. The monoisotopic (exact) mass is 519 g/mol. The van der Waals surface area contributed by atoms with Crippen molar-refractivity contribution < 1.29 is 22.8 Å². The summed E-state index contributed by atoms with van der Waals surface area (Å²) in [5, 5.41) is 5.39. The third-order valence-electron chi connectivity index (χ3n) is 5.67. The first kappa shape index (κ1) is 23.3. The minimum absolute atomic E-state index is 0.0914. The van der Waals surface area contributed by atoms with Crippen LogP contribution in [0.5, 0.6) is 0 Å². The van der Waals surface area contributed by atoms with Crippen molar-refractivity contribution in [2.24, 2.45) is 0 Å². The first-order valence-electron chi connectivity index (χ1n) is 10.6. The van der Waals surface area contributed by atoms with E-state index in [1.165, 1.54) is 16.2 Å². The highest BCUT2D eigenvalue weighted by molar-refractivity contribution is 7.13. The minimum Gasteiger partial charge on any atom is -0.335 e. The van der Waals surface area contributed by atoms with E-state index in [4.69, 9.17) is 11.6 Å². The fourth-order valence-corrected chi connectivity index (χ4v) is 4.83. The van der Waals surface area contributed by atoms with Crippen LogP contribution in [-0.4, -0.2) is 62.4 Å². The van der Waals surface area contributed by atoms with Gasteiger partial charge in [0.25, 0.3) is 11.8 Å². The molecule has 4 aromatic rings. The maximum Gasteiger partial charge on any atom is 0.433 e. The second-order valence-electron chi connectivity index (χ2n) is 7.85. The van der Waals surface area contributed by atoms with Gasteiger partial charge in [-0.2, -0.15) is 18.3 Å². The Morgan fingerprint density at radius 3 is 2.20 bits per heavy atom. The number of carbonyl (C=O) groups is 2. The minimum atomic E-state index is -4.74. The van der Waals surface area contributed by atoms with Crippen molar-refractivity contribution in [2.75, 3.05) is 26.2 Å². The Morgan fingerprint density at radius 2 is 1.60 bits per heavy atom. The number of alkyl halides is 3. The van der Waals surface area contributed by atoms with Crippen LogP contribution in [0.4, 0.5) is 13.2 Å². The molecule has 1 aliphatic rings. The molecule has 4 heterocycles. The van der Waals surface area contributed by atoms with Gasteiger partial charge in [-0.25, -0.2) is 9.50 Å². The maximum absolute atomic E-state index is 13.8. The van der Waals surface area contributed by atoms with Crippen LogP contribution in [0, 0.1) is 0 Å². The summed E-state index contributed by atoms with van der Waals surface area (Å²) in [7, 11) is 0. The zero-order valence-corrected chi connectivity index (χ0v) is 19.6. The van der Waals surface area contributed by atoms with E-state index in [0.717, 1.165) is 6.07 Å². The van der Waals surface area contributed by atoms with E-state index in [9.17, 15) is 22.8 Å². The van der Waals surface area contributed by atoms with Crippen molar-refractivity contribution >= 4 is 40.4 Å². The van der Waals surface area contributed by atoms with Crippen LogP contribution in [0.25, 0.3) is 16.2 Å². The van der Waals surface area contributed by atoms with Gasteiger partial charge in [0.05, 0.1) is 10.6 Å². The molecule has 1 fully saturated rings. The molecule has 0 spiro atoms. The number of benzene rings is 1. The van der Waals surface area contributed by atoms with Gasteiger partial charge in [-0.3, -0.25) is 9.59 Å². The Morgan fingerprint density at radius 1 is 0.943 bits per heavy atom. The molecule has 1 aliphatic heterocycles. The van der Waals surface area contributed by atoms with Crippen LogP contribution in [-0.2, 0) is 6.18 Å². The van der Waals surface area contributed by atoms with Crippen LogP contribution < -0.4 is 0 Å². The van der Waals surface area contributed by atoms with Gasteiger partial charge in [-0.1, -0.05) is 35.9 Å². The van der Waals surface area contributed by atoms with Crippen LogP contribution in [0.2, 0.25) is 5.02 Å². The average molecular weight is 520 g/mol. The standard InChI is InChI=1S/C23H17ClF3N5O2S/c24-18-19(22(34)31-10-8-30(9-11-31)21(33)14-5-2-1-3-6-14)29-32-17(23(25,26)27)13-15(28-20(18)32)16-7-4-12-35-16/h1-7,12-13H,8-11H2. The summed E-state index contributed by atoms with van der Waals surface area (Å²) >= 11 is 7.60. The SMILES string of the molecule is O=C(c1ccccc1)N1CCN(C(=O)c2nn3c(C(F)(F)F)cc(-c4cccs4)nc3c2Cl)CC1. The predicted molar refractivity (Wildman–Crippen MR) is 125 cm³/mol. The topological polar surface area (TPSA) is 70.8 Å². The van der Waals surface area contributed by atoms with Gasteiger partial charge in [-0.15, -0.1) is 11.3 Å². The van der Waals surface area contributed by atoms with E-state index in [-0.39, 0.29) is 54.1 Å². The van der Waals surface area contributed by atoms with Crippen molar-refractivity contribution in [1.82, 2.24) is 24.4 Å². The lowest BCUT2D eigenvalue weighted by atomic mass is 10.2. The zero-order chi connectivity index (χ0) is 24.7. The molecule has 3 aromatic heterocycles. The molecule has 0 radical (unpaired) electrons. The molecule has 0 unspecified atom stereocenters. The lowest BCUT2D eigenvalue weighted by Gasteiger charge is -2.34. The van der Waals surface area contributed by atoms with E-state index < -0.39 is 17.8 Å². The maximum atomic E-state index is 13.8. The number of nitrogens with zero attached hydrogens (tertiary/aromatic N) is 5. The van der Waals surface area contributed by atoms with Crippen LogP contribution in [0.3, 0.4) is 0 Å². The molecular weight excluding hydrogens is 503 g/mol. The highest BCUT2D eigenvalue weighted by Crippen LogP contribution is 2.35. The van der Waals surface area contributed by atoms with E-state index >= 15 is 0 Å². The third kappa shape index (κ3) is 4.37. The van der Waals surface area contributed by atoms with Crippen LogP contribution in [0.15, 0.2) is 53.9 Å². The Hall–Kier alpha value is -3.44. The second kappa shape index (κ2) is 8.97. The molecule has 1 saturated heterocycles. The van der Waals surface area contributed by atoms with E-state index in [2.05, 4.69) is 10.1 Å². The van der Waals surface area contributed by atoms with E-state index in [0.29, 0.717) is 15.0 Å². The number of aromatic nitrogens is 3. The van der Waals surface area contributed by atoms with Crippen molar-refractivity contribution in [1.29, 1.82) is 0 Å². The van der Waals surface area contributed by atoms with Gasteiger partial charge in [-0.05, 0) is 29.6 Å². The summed E-state index contributed by atoms with van der Waals surface area (Å²) in [6.45, 7) is 0.946. The van der Waals surface area contributed by atoms with Crippen molar-refractivity contribution in [3.05, 3.63) is 75.9 Å². The van der Waals surface area contributed by atoms with E-state index in [1.807, 2.05) is 6.07 Å². The summed E-state index contributed by atoms with van der Waals surface area (Å²) in [5.74, 6) is -0.762. The predicted octanol–water partition coefficient (Wildman–Crippen LogP) is 4.73. The fraction of sp³-hybridized carbons (Fsp3) is 0.217. The fourth-order valence-electron chi connectivity index (χ4n) is 3.91. The van der Waals surface area contributed by atoms with Gasteiger partial charge in [0.15, 0.2) is 17.0 Å². The Kier molecular flexibility index (Phi) is 5.97. The highest BCUT2D eigenvalue weighted by Gasteiger charge is 2.37. The zero-order valence-electron chi connectivity index (χ0n) is 18.0. The quantitative estimate of drug-likeness (QED) is 0.392. The number of thiophene rings is 1. The molecule has 180 valence electrons. The molecule has 12 heteroatoms. The molecule has 7 nitrogen and oxygen atoms in total. The van der Waals surface area contributed by atoms with Gasteiger partial charge in [0.2, 0.25) is 0 Å². The molecule has 2 amide bonds.